The molecule has 2 aromatic rings. The monoisotopic (exact) mass is 560 g/mol. The Labute approximate surface area is 232 Å². The second-order valence-electron chi connectivity index (χ2n) is 8.20. The molecule has 0 aliphatic carbocycles. The summed E-state index contributed by atoms with van der Waals surface area (Å²) in [5.41, 5.74) is 1.08. The number of carbonyl (C=O) groups excluding carboxylic acids is 2. The van der Waals surface area contributed by atoms with Gasteiger partial charge in [0.15, 0.2) is 11.5 Å². The van der Waals surface area contributed by atoms with Crippen LogP contribution in [0.5, 0.6) is 17.2 Å². The molecule has 0 fully saturated rings. The highest BCUT2D eigenvalue weighted by Crippen LogP contribution is 2.30. The highest BCUT2D eigenvalue weighted by Gasteiger charge is 2.39. The lowest BCUT2D eigenvalue weighted by Crippen LogP contribution is -2.45. The first-order valence-corrected chi connectivity index (χ1v) is 15.2. The van der Waals surface area contributed by atoms with Crippen molar-refractivity contribution in [2.24, 2.45) is 0 Å². The predicted molar refractivity (Wildman–Crippen MR) is 150 cm³/mol. The number of carbonyl (C=O) groups is 2. The zero-order valence-corrected chi connectivity index (χ0v) is 24.5. The van der Waals surface area contributed by atoms with E-state index in [9.17, 15) is 9.59 Å². The van der Waals surface area contributed by atoms with E-state index >= 15 is 0 Å². The molecule has 0 N–H and O–H groups in total. The van der Waals surface area contributed by atoms with Gasteiger partial charge >= 0.3 is 20.7 Å². The quantitative estimate of drug-likeness (QED) is 0.0747. The number of methoxy groups -OCH3 is 1. The number of esters is 2. The summed E-state index contributed by atoms with van der Waals surface area (Å²) < 4.78 is 39.3. The lowest BCUT2D eigenvalue weighted by atomic mass is 10.2. The maximum Gasteiger partial charge on any atom is 0.500 e. The van der Waals surface area contributed by atoms with Crippen molar-refractivity contribution < 1.29 is 41.8 Å². The third-order valence-corrected chi connectivity index (χ3v) is 8.56. The highest BCUT2D eigenvalue weighted by molar-refractivity contribution is 6.60. The molecule has 39 heavy (non-hydrogen) atoms. The first-order valence-electron chi connectivity index (χ1n) is 13.3. The van der Waals surface area contributed by atoms with Crippen LogP contribution in [0.3, 0.4) is 0 Å². The van der Waals surface area contributed by atoms with Gasteiger partial charge in [-0.1, -0.05) is 6.07 Å². The molecule has 0 aromatic heterocycles. The molecule has 0 saturated heterocycles. The summed E-state index contributed by atoms with van der Waals surface area (Å²) in [5, 5.41) is 0. The Kier molecular flexibility index (Phi) is 14.3. The normalized spacial score (nSPS) is 11.4. The Bertz CT molecular complexity index is 1040. The van der Waals surface area contributed by atoms with Crippen molar-refractivity contribution >= 4 is 26.8 Å². The maximum atomic E-state index is 12.7. The standard InChI is InChI=1S/C29H40O9Si/c1-6-33-27-22-23(13-19-28(30)32-5)12-18-26(27)38-29(31)24-14-16-25(17-15-24)34-20-10-11-21-39(35-7-2,36-8-3)37-9-4/h12-19,22H,6-11,20-21H2,1-5H3. The molecule has 0 radical (unpaired) electrons. The molecule has 0 unspecified atom stereocenters. The van der Waals surface area contributed by atoms with Crippen LogP contribution in [0.15, 0.2) is 48.5 Å². The lowest BCUT2D eigenvalue weighted by molar-refractivity contribution is -0.134. The van der Waals surface area contributed by atoms with Gasteiger partial charge in [0.05, 0.1) is 25.9 Å². The fraction of sp³-hybridized carbons (Fsp3) is 0.448. The van der Waals surface area contributed by atoms with Crippen molar-refractivity contribution in [2.45, 2.75) is 46.6 Å². The number of rotatable bonds is 18. The molecule has 10 heteroatoms. The average Bonchev–Trinajstić information content (AvgIpc) is 2.93. The van der Waals surface area contributed by atoms with E-state index < -0.39 is 20.7 Å². The summed E-state index contributed by atoms with van der Waals surface area (Å²) in [4.78, 5) is 24.1. The highest BCUT2D eigenvalue weighted by atomic mass is 28.4. The van der Waals surface area contributed by atoms with Gasteiger partial charge in [-0.25, -0.2) is 9.59 Å². The van der Waals surface area contributed by atoms with E-state index in [1.807, 2.05) is 27.7 Å². The number of benzene rings is 2. The molecule has 0 heterocycles. The Hall–Kier alpha value is -3.18. The van der Waals surface area contributed by atoms with Gasteiger partial charge in [0, 0.05) is 31.9 Å². The molecule has 214 valence electrons. The average molecular weight is 561 g/mol. The summed E-state index contributed by atoms with van der Waals surface area (Å²) in [6, 6.07) is 12.5. The molecule has 2 rings (SSSR count). The van der Waals surface area contributed by atoms with Gasteiger partial charge in [-0.15, -0.1) is 0 Å². The van der Waals surface area contributed by atoms with E-state index in [0.29, 0.717) is 55.7 Å². The van der Waals surface area contributed by atoms with E-state index in [0.717, 1.165) is 18.9 Å². The van der Waals surface area contributed by atoms with Crippen molar-refractivity contribution in [2.75, 3.05) is 40.1 Å². The summed E-state index contributed by atoms with van der Waals surface area (Å²) in [6.45, 7) is 10.3. The molecule has 0 aliphatic rings. The summed E-state index contributed by atoms with van der Waals surface area (Å²) in [5.74, 6) is 0.339. The van der Waals surface area contributed by atoms with Gasteiger partial charge in [0.2, 0.25) is 0 Å². The SMILES string of the molecule is CCOc1cc(C=CC(=O)OC)ccc1OC(=O)c1ccc(OCCCC[Si](OCC)(OCC)OCC)cc1. The van der Waals surface area contributed by atoms with E-state index in [1.165, 1.54) is 13.2 Å². The summed E-state index contributed by atoms with van der Waals surface area (Å²) >= 11 is 0. The first kappa shape index (κ1) is 32.0. The smallest absolute Gasteiger partial charge is 0.494 e. The number of hydrogen-bond acceptors (Lipinski definition) is 9. The van der Waals surface area contributed by atoms with Gasteiger partial charge in [0.1, 0.15) is 5.75 Å². The number of unbranched alkanes of at least 4 members (excludes halogenated alkanes) is 1. The Morgan fingerprint density at radius 3 is 2.05 bits per heavy atom. The van der Waals surface area contributed by atoms with Crippen LogP contribution in [0.25, 0.3) is 6.08 Å². The third-order valence-electron chi connectivity index (χ3n) is 5.41. The number of ether oxygens (including phenoxy) is 4. The molecule has 0 aliphatic heterocycles. The van der Waals surface area contributed by atoms with Crippen LogP contribution < -0.4 is 14.2 Å². The van der Waals surface area contributed by atoms with Gasteiger partial charge in [-0.05, 0) is 88.6 Å². The van der Waals surface area contributed by atoms with Crippen LogP contribution in [-0.2, 0) is 22.8 Å². The van der Waals surface area contributed by atoms with Gasteiger partial charge in [-0.3, -0.25) is 0 Å². The van der Waals surface area contributed by atoms with E-state index in [-0.39, 0.29) is 5.75 Å². The fourth-order valence-electron chi connectivity index (χ4n) is 3.69. The van der Waals surface area contributed by atoms with E-state index in [4.69, 9.17) is 27.5 Å². The summed E-state index contributed by atoms with van der Waals surface area (Å²) in [7, 11) is -1.33. The fourth-order valence-corrected chi connectivity index (χ4v) is 6.38. The van der Waals surface area contributed by atoms with Gasteiger partial charge in [0.25, 0.3) is 0 Å². The van der Waals surface area contributed by atoms with Crippen molar-refractivity contribution in [3.05, 3.63) is 59.7 Å². The van der Waals surface area contributed by atoms with Crippen molar-refractivity contribution in [1.82, 2.24) is 0 Å². The zero-order chi connectivity index (χ0) is 28.5. The predicted octanol–water partition coefficient (Wildman–Crippen LogP) is 5.70. The molecular formula is C29H40O9Si. The zero-order valence-electron chi connectivity index (χ0n) is 23.5. The van der Waals surface area contributed by atoms with Crippen LogP contribution in [0, 0.1) is 0 Å². The second kappa shape index (κ2) is 17.4. The first-order chi connectivity index (χ1) is 18.9. The van der Waals surface area contributed by atoms with Crippen LogP contribution >= 0.6 is 0 Å². The van der Waals surface area contributed by atoms with Crippen LogP contribution in [0.1, 0.15) is 56.5 Å². The molecule has 0 saturated carbocycles. The molecule has 0 spiro atoms. The summed E-state index contributed by atoms with van der Waals surface area (Å²) in [6.07, 6.45) is 4.57. The van der Waals surface area contributed by atoms with Crippen molar-refractivity contribution in [3.63, 3.8) is 0 Å². The minimum absolute atomic E-state index is 0.281. The molecule has 0 amide bonds. The Morgan fingerprint density at radius 1 is 0.795 bits per heavy atom. The van der Waals surface area contributed by atoms with Crippen LogP contribution in [0.2, 0.25) is 6.04 Å². The third kappa shape index (κ3) is 10.8. The topological polar surface area (TPSA) is 98.8 Å². The van der Waals surface area contributed by atoms with Gasteiger partial charge < -0.3 is 32.2 Å². The largest absolute Gasteiger partial charge is 0.500 e. The van der Waals surface area contributed by atoms with Crippen LogP contribution in [-0.4, -0.2) is 60.9 Å². The van der Waals surface area contributed by atoms with E-state index in [2.05, 4.69) is 4.74 Å². The molecular weight excluding hydrogens is 520 g/mol. The van der Waals surface area contributed by atoms with Crippen molar-refractivity contribution in [3.8, 4) is 17.2 Å². The number of hydrogen-bond donors (Lipinski definition) is 0. The molecule has 0 atom stereocenters. The molecule has 2 aromatic carbocycles. The Balaban J connectivity index is 1.91. The minimum Gasteiger partial charge on any atom is -0.494 e. The molecule has 0 bridgehead atoms. The van der Waals surface area contributed by atoms with Gasteiger partial charge in [-0.2, -0.15) is 0 Å². The maximum absolute atomic E-state index is 12.7. The Morgan fingerprint density at radius 2 is 1.46 bits per heavy atom. The molecule has 9 nitrogen and oxygen atoms in total. The van der Waals surface area contributed by atoms with Crippen LogP contribution in [0.4, 0.5) is 0 Å². The lowest BCUT2D eigenvalue weighted by Gasteiger charge is -2.28. The van der Waals surface area contributed by atoms with E-state index in [1.54, 1.807) is 48.5 Å². The van der Waals surface area contributed by atoms with Crippen molar-refractivity contribution in [1.29, 1.82) is 0 Å². The second-order valence-corrected chi connectivity index (χ2v) is 10.9. The minimum atomic E-state index is -2.64.